The topological polar surface area (TPSA) is 93.2 Å². The first-order valence-electron chi connectivity index (χ1n) is 8.90. The minimum Gasteiger partial charge on any atom is -0.366 e. The quantitative estimate of drug-likeness (QED) is 0.551. The van der Waals surface area contributed by atoms with E-state index in [4.69, 9.17) is 11.5 Å². The molecule has 9 heteroatoms. The van der Waals surface area contributed by atoms with Crippen molar-refractivity contribution in [2.45, 2.75) is 24.1 Å². The fourth-order valence-electron chi connectivity index (χ4n) is 2.86. The zero-order valence-electron chi connectivity index (χ0n) is 15.4. The SMILES string of the molecule is NC(=O)c1ccc(C2=CNC(NC[C@@H](N)Cc3ccc(C(F)(F)F)cc3)S2)cc1. The Kier molecular flexibility index (Phi) is 6.51. The van der Waals surface area contributed by atoms with Gasteiger partial charge >= 0.3 is 6.18 Å². The van der Waals surface area contributed by atoms with Crippen LogP contribution in [0.3, 0.4) is 0 Å². The number of carbonyl (C=O) groups excluding carboxylic acids is 1. The molecule has 2 aromatic rings. The van der Waals surface area contributed by atoms with Crippen molar-refractivity contribution in [2.24, 2.45) is 11.5 Å². The van der Waals surface area contributed by atoms with Crippen LogP contribution < -0.4 is 22.1 Å². The second kappa shape index (κ2) is 8.89. The Morgan fingerprint density at radius 2 is 1.79 bits per heavy atom. The summed E-state index contributed by atoms with van der Waals surface area (Å²) in [6.07, 6.45) is -1.99. The van der Waals surface area contributed by atoms with Crippen LogP contribution in [0.1, 0.15) is 27.0 Å². The fourth-order valence-corrected chi connectivity index (χ4v) is 3.84. The van der Waals surface area contributed by atoms with Crippen molar-refractivity contribution >= 4 is 22.6 Å². The van der Waals surface area contributed by atoms with E-state index in [-0.39, 0.29) is 11.5 Å². The number of halogens is 3. The minimum absolute atomic E-state index is 0.0699. The number of hydrogen-bond donors (Lipinski definition) is 4. The van der Waals surface area contributed by atoms with Gasteiger partial charge in [-0.15, -0.1) is 0 Å². The minimum atomic E-state index is -4.33. The number of primary amides is 1. The highest BCUT2D eigenvalue weighted by atomic mass is 32.2. The molecule has 1 aliphatic rings. The number of thioether (sulfide) groups is 1. The van der Waals surface area contributed by atoms with E-state index in [9.17, 15) is 18.0 Å². The van der Waals surface area contributed by atoms with Crippen LogP contribution in [0, 0.1) is 0 Å². The van der Waals surface area contributed by atoms with Gasteiger partial charge < -0.3 is 16.8 Å². The number of hydrogen-bond acceptors (Lipinski definition) is 5. The van der Waals surface area contributed by atoms with E-state index in [0.29, 0.717) is 18.5 Å². The van der Waals surface area contributed by atoms with E-state index >= 15 is 0 Å². The van der Waals surface area contributed by atoms with Gasteiger partial charge in [0.2, 0.25) is 5.91 Å². The maximum absolute atomic E-state index is 12.6. The highest BCUT2D eigenvalue weighted by Crippen LogP contribution is 2.33. The van der Waals surface area contributed by atoms with Crippen LogP contribution in [0.5, 0.6) is 0 Å². The van der Waals surface area contributed by atoms with E-state index in [2.05, 4.69) is 10.6 Å². The summed E-state index contributed by atoms with van der Waals surface area (Å²) < 4.78 is 37.8. The molecule has 0 bridgehead atoms. The van der Waals surface area contributed by atoms with Crippen molar-refractivity contribution in [3.63, 3.8) is 0 Å². The summed E-state index contributed by atoms with van der Waals surface area (Å²) in [5.74, 6) is -0.468. The van der Waals surface area contributed by atoms with E-state index in [1.165, 1.54) is 12.1 Å². The predicted molar refractivity (Wildman–Crippen MR) is 109 cm³/mol. The van der Waals surface area contributed by atoms with Crippen molar-refractivity contribution < 1.29 is 18.0 Å². The van der Waals surface area contributed by atoms with Crippen LogP contribution in [-0.2, 0) is 12.6 Å². The van der Waals surface area contributed by atoms with Crippen molar-refractivity contribution in [1.82, 2.24) is 10.6 Å². The number of carbonyl (C=O) groups is 1. The average Bonchev–Trinajstić information content (AvgIpc) is 3.15. The largest absolute Gasteiger partial charge is 0.416 e. The monoisotopic (exact) mass is 422 g/mol. The molecule has 6 N–H and O–H groups in total. The molecule has 0 aromatic heterocycles. The third kappa shape index (κ3) is 5.75. The molecule has 0 aliphatic carbocycles. The van der Waals surface area contributed by atoms with Crippen LogP contribution in [-0.4, -0.2) is 24.0 Å². The molecule has 5 nitrogen and oxygen atoms in total. The van der Waals surface area contributed by atoms with Crippen LogP contribution >= 0.6 is 11.8 Å². The standard InChI is InChI=1S/C20H21F3N4OS/c21-20(22,23)15-7-1-12(2-8-15)9-16(24)10-26-19-27-11-17(29-19)13-3-5-14(6-4-13)18(25)28/h1-8,11,16,19,26-27H,9-10,24H2,(H2,25,28)/t16-,19?/m0/s1. The lowest BCUT2D eigenvalue weighted by Crippen LogP contribution is -2.43. The number of alkyl halides is 3. The summed E-state index contributed by atoms with van der Waals surface area (Å²) in [7, 11) is 0. The second-order valence-corrected chi connectivity index (χ2v) is 7.83. The van der Waals surface area contributed by atoms with Crippen LogP contribution in [0.4, 0.5) is 13.2 Å². The van der Waals surface area contributed by atoms with Crippen molar-refractivity contribution in [2.75, 3.05) is 6.54 Å². The van der Waals surface area contributed by atoms with E-state index in [1.807, 2.05) is 18.3 Å². The van der Waals surface area contributed by atoms with Gasteiger partial charge in [0.05, 0.1) is 5.56 Å². The molecular formula is C20H21F3N4OS. The smallest absolute Gasteiger partial charge is 0.366 e. The first-order valence-corrected chi connectivity index (χ1v) is 9.78. The molecule has 2 aromatic carbocycles. The molecule has 29 heavy (non-hydrogen) atoms. The van der Waals surface area contributed by atoms with Crippen molar-refractivity contribution in [3.05, 3.63) is 77.0 Å². The number of nitrogens with one attached hydrogen (secondary N) is 2. The molecule has 0 fully saturated rings. The summed E-state index contributed by atoms with van der Waals surface area (Å²) in [5.41, 5.74) is 12.8. The Hall–Kier alpha value is -2.49. The summed E-state index contributed by atoms with van der Waals surface area (Å²) in [6, 6.07) is 11.8. The van der Waals surface area contributed by atoms with Crippen LogP contribution in [0.15, 0.2) is 54.7 Å². The predicted octanol–water partition coefficient (Wildman–Crippen LogP) is 2.88. The van der Waals surface area contributed by atoms with Gasteiger partial charge in [-0.2, -0.15) is 13.2 Å². The molecule has 0 saturated heterocycles. The summed E-state index contributed by atoms with van der Waals surface area (Å²) in [5, 5.41) is 6.49. The number of rotatable bonds is 7. The van der Waals surface area contributed by atoms with Gasteiger partial charge in [0.25, 0.3) is 0 Å². The normalized spacial score (nSPS) is 17.5. The summed E-state index contributed by atoms with van der Waals surface area (Å²) in [6.45, 7) is 0.493. The first-order chi connectivity index (χ1) is 13.7. The third-order valence-electron chi connectivity index (χ3n) is 4.41. The molecule has 1 aliphatic heterocycles. The molecule has 0 spiro atoms. The zero-order valence-corrected chi connectivity index (χ0v) is 16.2. The Morgan fingerprint density at radius 3 is 2.38 bits per heavy atom. The molecule has 154 valence electrons. The lowest BCUT2D eigenvalue weighted by atomic mass is 10.0. The Bertz CT molecular complexity index is 882. The summed E-state index contributed by atoms with van der Waals surface area (Å²) >= 11 is 1.57. The molecular weight excluding hydrogens is 401 g/mol. The number of nitrogens with two attached hydrogens (primary N) is 2. The highest BCUT2D eigenvalue weighted by Gasteiger charge is 2.30. The van der Waals surface area contributed by atoms with Gasteiger partial charge in [0.1, 0.15) is 5.50 Å². The van der Waals surface area contributed by atoms with Gasteiger partial charge in [-0.3, -0.25) is 10.1 Å². The molecule has 0 saturated carbocycles. The second-order valence-electron chi connectivity index (χ2n) is 6.68. The van der Waals surface area contributed by atoms with Crippen LogP contribution in [0.25, 0.3) is 4.91 Å². The summed E-state index contributed by atoms with van der Waals surface area (Å²) in [4.78, 5) is 12.2. The van der Waals surface area contributed by atoms with Crippen molar-refractivity contribution in [1.29, 1.82) is 0 Å². The van der Waals surface area contributed by atoms with Crippen LogP contribution in [0.2, 0.25) is 0 Å². The van der Waals surface area contributed by atoms with E-state index < -0.39 is 17.6 Å². The molecule has 1 amide bonds. The van der Waals surface area contributed by atoms with Gasteiger partial charge in [0.15, 0.2) is 0 Å². The lowest BCUT2D eigenvalue weighted by Gasteiger charge is -2.18. The third-order valence-corrected chi connectivity index (χ3v) is 5.56. The van der Waals surface area contributed by atoms with E-state index in [0.717, 1.165) is 28.2 Å². The maximum atomic E-state index is 12.6. The highest BCUT2D eigenvalue weighted by molar-refractivity contribution is 8.09. The van der Waals surface area contributed by atoms with Gasteiger partial charge in [-0.1, -0.05) is 36.0 Å². The fraction of sp³-hybridized carbons (Fsp3) is 0.250. The molecule has 0 radical (unpaired) electrons. The van der Waals surface area contributed by atoms with Gasteiger partial charge in [-0.25, -0.2) is 0 Å². The average molecular weight is 422 g/mol. The zero-order chi connectivity index (χ0) is 21.0. The molecule has 1 unspecified atom stereocenters. The van der Waals surface area contributed by atoms with Gasteiger partial charge in [0, 0.05) is 29.3 Å². The Labute approximate surface area is 170 Å². The number of amides is 1. The van der Waals surface area contributed by atoms with Gasteiger partial charge in [-0.05, 0) is 41.8 Å². The van der Waals surface area contributed by atoms with Crippen molar-refractivity contribution in [3.8, 4) is 0 Å². The molecule has 1 heterocycles. The Balaban J connectivity index is 1.45. The molecule has 3 rings (SSSR count). The molecule has 2 atom stereocenters. The lowest BCUT2D eigenvalue weighted by molar-refractivity contribution is -0.137. The van der Waals surface area contributed by atoms with E-state index in [1.54, 1.807) is 23.9 Å². The Morgan fingerprint density at radius 1 is 1.14 bits per heavy atom. The number of benzene rings is 2. The first kappa shape index (κ1) is 21.2. The maximum Gasteiger partial charge on any atom is 0.416 e.